The van der Waals surface area contributed by atoms with Crippen LogP contribution < -0.4 is 5.32 Å². The van der Waals surface area contributed by atoms with Gasteiger partial charge in [0.25, 0.3) is 0 Å². The molecule has 1 aromatic rings. The van der Waals surface area contributed by atoms with E-state index in [1.807, 2.05) is 6.07 Å². The topological polar surface area (TPSA) is 37.8 Å². The zero-order valence-corrected chi connectivity index (χ0v) is 9.48. The van der Waals surface area contributed by atoms with Crippen LogP contribution in [0.4, 0.5) is 0 Å². The molecule has 2 rings (SSSR count). The minimum atomic E-state index is 0.662. The van der Waals surface area contributed by atoms with Crippen molar-refractivity contribution in [3.05, 3.63) is 24.3 Å². The zero-order chi connectivity index (χ0) is 10.7. The quantitative estimate of drug-likeness (QED) is 0.820. The molecule has 0 saturated heterocycles. The largest absolute Gasteiger partial charge is 0.308 e. The highest BCUT2D eigenvalue weighted by Gasteiger charge is 2.28. The second-order valence-electron chi connectivity index (χ2n) is 4.60. The van der Waals surface area contributed by atoms with E-state index >= 15 is 0 Å². The molecule has 0 spiro atoms. The highest BCUT2D eigenvalue weighted by molar-refractivity contribution is 4.98. The first-order chi connectivity index (χ1) is 7.27. The van der Waals surface area contributed by atoms with Crippen LogP contribution in [0.25, 0.3) is 0 Å². The average Bonchev–Trinajstić information content (AvgIpc) is 2.59. The van der Waals surface area contributed by atoms with Crippen molar-refractivity contribution in [1.82, 2.24) is 15.3 Å². The van der Waals surface area contributed by atoms with Gasteiger partial charge in [-0.2, -0.15) is 0 Å². The van der Waals surface area contributed by atoms with Crippen molar-refractivity contribution in [2.24, 2.45) is 11.8 Å². The highest BCUT2D eigenvalue weighted by Crippen LogP contribution is 2.31. The molecule has 3 unspecified atom stereocenters. The smallest absolute Gasteiger partial charge is 0.115 e. The van der Waals surface area contributed by atoms with Crippen molar-refractivity contribution in [2.75, 3.05) is 0 Å². The Hall–Kier alpha value is -0.960. The van der Waals surface area contributed by atoms with E-state index in [4.69, 9.17) is 0 Å². The fourth-order valence-electron chi connectivity index (χ4n) is 2.31. The molecule has 3 heteroatoms. The molecule has 3 nitrogen and oxygen atoms in total. The molecule has 1 aliphatic rings. The Morgan fingerprint density at radius 3 is 2.87 bits per heavy atom. The lowest BCUT2D eigenvalue weighted by molar-refractivity contribution is 0.368. The summed E-state index contributed by atoms with van der Waals surface area (Å²) in [5.41, 5.74) is 1.08. The summed E-state index contributed by atoms with van der Waals surface area (Å²) in [4.78, 5) is 8.12. The zero-order valence-electron chi connectivity index (χ0n) is 9.48. The lowest BCUT2D eigenvalue weighted by atomic mass is 9.98. The molecule has 1 fully saturated rings. The van der Waals surface area contributed by atoms with E-state index in [0.29, 0.717) is 6.04 Å². The van der Waals surface area contributed by atoms with Crippen molar-refractivity contribution in [1.29, 1.82) is 0 Å². The third kappa shape index (κ3) is 2.53. The number of hydrogen-bond acceptors (Lipinski definition) is 3. The van der Waals surface area contributed by atoms with E-state index in [-0.39, 0.29) is 0 Å². The van der Waals surface area contributed by atoms with Gasteiger partial charge in [0.1, 0.15) is 6.33 Å². The van der Waals surface area contributed by atoms with Gasteiger partial charge in [-0.05, 0) is 30.7 Å². The van der Waals surface area contributed by atoms with Gasteiger partial charge in [0, 0.05) is 18.8 Å². The summed E-state index contributed by atoms with van der Waals surface area (Å²) >= 11 is 0. The van der Waals surface area contributed by atoms with Gasteiger partial charge in [-0.1, -0.05) is 13.8 Å². The first-order valence-corrected chi connectivity index (χ1v) is 5.75. The van der Waals surface area contributed by atoms with E-state index in [1.165, 1.54) is 12.8 Å². The van der Waals surface area contributed by atoms with Gasteiger partial charge in [-0.25, -0.2) is 9.97 Å². The fraction of sp³-hybridized carbons (Fsp3) is 0.667. The molecular formula is C12H19N3. The van der Waals surface area contributed by atoms with Gasteiger partial charge < -0.3 is 5.32 Å². The molecular weight excluding hydrogens is 186 g/mol. The van der Waals surface area contributed by atoms with Crippen LogP contribution in [0, 0.1) is 11.8 Å². The highest BCUT2D eigenvalue weighted by atomic mass is 15.0. The van der Waals surface area contributed by atoms with Gasteiger partial charge >= 0.3 is 0 Å². The van der Waals surface area contributed by atoms with Crippen molar-refractivity contribution >= 4 is 0 Å². The summed E-state index contributed by atoms with van der Waals surface area (Å²) in [5, 5.41) is 3.59. The molecule has 1 saturated carbocycles. The number of nitrogens with one attached hydrogen (secondary N) is 1. The van der Waals surface area contributed by atoms with Crippen LogP contribution in [0.3, 0.4) is 0 Å². The Morgan fingerprint density at radius 1 is 1.40 bits per heavy atom. The minimum Gasteiger partial charge on any atom is -0.308 e. The summed E-state index contributed by atoms with van der Waals surface area (Å²) in [6, 6.07) is 2.63. The molecule has 82 valence electrons. The monoisotopic (exact) mass is 205 g/mol. The first-order valence-electron chi connectivity index (χ1n) is 5.75. The molecule has 0 bridgehead atoms. The van der Waals surface area contributed by atoms with Crippen molar-refractivity contribution in [3.8, 4) is 0 Å². The van der Waals surface area contributed by atoms with E-state index < -0.39 is 0 Å². The number of rotatable bonds is 3. The lowest BCUT2D eigenvalue weighted by Gasteiger charge is -2.19. The van der Waals surface area contributed by atoms with Gasteiger partial charge in [0.15, 0.2) is 0 Å². The molecule has 0 amide bonds. The second kappa shape index (κ2) is 4.71. The van der Waals surface area contributed by atoms with Crippen LogP contribution in [-0.4, -0.2) is 16.0 Å². The minimum absolute atomic E-state index is 0.662. The van der Waals surface area contributed by atoms with Gasteiger partial charge in [0.2, 0.25) is 0 Å². The molecule has 0 aromatic carbocycles. The standard InChI is InChI=1S/C12H19N3/c1-9-3-4-12(10(9)2)14-7-11-5-6-13-8-15-11/h5-6,8-10,12,14H,3-4,7H2,1-2H3. The van der Waals surface area contributed by atoms with Crippen molar-refractivity contribution in [3.63, 3.8) is 0 Å². The third-order valence-corrected chi connectivity index (χ3v) is 3.65. The maximum absolute atomic E-state index is 4.21. The van der Waals surface area contributed by atoms with Crippen LogP contribution in [-0.2, 0) is 6.54 Å². The summed E-state index contributed by atoms with van der Waals surface area (Å²) in [5.74, 6) is 1.64. The molecule has 1 aromatic heterocycles. The third-order valence-electron chi connectivity index (χ3n) is 3.65. The summed E-state index contributed by atoms with van der Waals surface area (Å²) < 4.78 is 0. The van der Waals surface area contributed by atoms with E-state index in [2.05, 4.69) is 29.1 Å². The summed E-state index contributed by atoms with van der Waals surface area (Å²) in [7, 11) is 0. The van der Waals surface area contributed by atoms with Crippen LogP contribution >= 0.6 is 0 Å². The van der Waals surface area contributed by atoms with Gasteiger partial charge in [-0.15, -0.1) is 0 Å². The molecule has 3 atom stereocenters. The van der Waals surface area contributed by atoms with Crippen LogP contribution in [0.1, 0.15) is 32.4 Å². The van der Waals surface area contributed by atoms with Crippen molar-refractivity contribution in [2.45, 2.75) is 39.3 Å². The predicted molar refractivity (Wildman–Crippen MR) is 60.2 cm³/mol. The maximum atomic E-state index is 4.21. The molecule has 1 aliphatic carbocycles. The van der Waals surface area contributed by atoms with Gasteiger partial charge in [0.05, 0.1) is 5.69 Å². The lowest BCUT2D eigenvalue weighted by Crippen LogP contribution is -2.32. The molecule has 15 heavy (non-hydrogen) atoms. The number of nitrogens with zero attached hydrogens (tertiary/aromatic N) is 2. The van der Waals surface area contributed by atoms with E-state index in [9.17, 15) is 0 Å². The maximum Gasteiger partial charge on any atom is 0.115 e. The summed E-state index contributed by atoms with van der Waals surface area (Å²) in [6.45, 7) is 5.55. The SMILES string of the molecule is CC1CCC(NCc2ccncn2)C1C. The molecule has 1 heterocycles. The Kier molecular flexibility index (Phi) is 3.31. The van der Waals surface area contributed by atoms with Crippen LogP contribution in [0.2, 0.25) is 0 Å². The van der Waals surface area contributed by atoms with Crippen LogP contribution in [0.15, 0.2) is 18.6 Å². The second-order valence-corrected chi connectivity index (χ2v) is 4.60. The predicted octanol–water partition coefficient (Wildman–Crippen LogP) is 2.00. The normalized spacial score (nSPS) is 30.7. The van der Waals surface area contributed by atoms with Crippen molar-refractivity contribution < 1.29 is 0 Å². The van der Waals surface area contributed by atoms with Crippen LogP contribution in [0.5, 0.6) is 0 Å². The Bertz CT molecular complexity index is 299. The molecule has 0 aliphatic heterocycles. The Morgan fingerprint density at radius 2 is 2.27 bits per heavy atom. The average molecular weight is 205 g/mol. The number of hydrogen-bond donors (Lipinski definition) is 1. The Balaban J connectivity index is 1.84. The fourth-order valence-corrected chi connectivity index (χ4v) is 2.31. The molecule has 0 radical (unpaired) electrons. The summed E-state index contributed by atoms with van der Waals surface area (Å²) in [6.07, 6.45) is 6.05. The number of aromatic nitrogens is 2. The molecule has 1 N–H and O–H groups in total. The first kappa shape index (κ1) is 10.6. The Labute approximate surface area is 91.3 Å². The van der Waals surface area contributed by atoms with E-state index in [1.54, 1.807) is 12.5 Å². The van der Waals surface area contributed by atoms with E-state index in [0.717, 1.165) is 24.1 Å². The van der Waals surface area contributed by atoms with Gasteiger partial charge in [-0.3, -0.25) is 0 Å².